The van der Waals surface area contributed by atoms with Crippen molar-refractivity contribution in [1.29, 1.82) is 0 Å². The number of hydrogen-bond donors (Lipinski definition) is 0. The highest BCUT2D eigenvalue weighted by Crippen LogP contribution is 2.08. The first-order valence-corrected chi connectivity index (χ1v) is 4.73. The van der Waals surface area contributed by atoms with Crippen LogP contribution in [-0.2, 0) is 9.47 Å². The lowest BCUT2D eigenvalue weighted by atomic mass is 10.2. The van der Waals surface area contributed by atoms with Crippen LogP contribution in [0.4, 0.5) is 0 Å². The molecule has 0 atom stereocenters. The van der Waals surface area contributed by atoms with Gasteiger partial charge in [-0.25, -0.2) is 0 Å². The summed E-state index contributed by atoms with van der Waals surface area (Å²) < 4.78 is 10.9. The summed E-state index contributed by atoms with van der Waals surface area (Å²) in [5.41, 5.74) is 0.893. The summed E-state index contributed by atoms with van der Waals surface area (Å²) in [7, 11) is 0. The maximum atomic E-state index is 5.54. The molecule has 0 aliphatic heterocycles. The van der Waals surface area contributed by atoms with Crippen LogP contribution in [0.3, 0.4) is 0 Å². The fraction of sp³-hybridized carbons (Fsp3) is 0.818. The summed E-state index contributed by atoms with van der Waals surface area (Å²) in [5, 5.41) is 0. The van der Waals surface area contributed by atoms with Crippen LogP contribution in [0.15, 0.2) is 12.2 Å². The normalized spacial score (nSPS) is 12.2. The van der Waals surface area contributed by atoms with E-state index in [1.807, 2.05) is 34.6 Å². The molecule has 0 saturated carbocycles. The summed E-state index contributed by atoms with van der Waals surface area (Å²) in [5.74, 6) is 0. The molecule has 0 aromatic rings. The lowest BCUT2D eigenvalue weighted by molar-refractivity contribution is 0.00283. The van der Waals surface area contributed by atoms with Gasteiger partial charge in [0.25, 0.3) is 0 Å². The van der Waals surface area contributed by atoms with Crippen molar-refractivity contribution in [3.63, 3.8) is 0 Å². The van der Waals surface area contributed by atoms with Crippen molar-refractivity contribution in [2.75, 3.05) is 13.2 Å². The van der Waals surface area contributed by atoms with E-state index in [1.165, 1.54) is 0 Å². The molecule has 0 bridgehead atoms. The quantitative estimate of drug-likeness (QED) is 0.615. The van der Waals surface area contributed by atoms with Crippen LogP contribution in [0.1, 0.15) is 34.6 Å². The van der Waals surface area contributed by atoms with Crippen molar-refractivity contribution >= 4 is 0 Å². The molecule has 0 amide bonds. The van der Waals surface area contributed by atoms with Crippen molar-refractivity contribution in [3.05, 3.63) is 12.2 Å². The molecule has 0 N–H and O–H groups in total. The van der Waals surface area contributed by atoms with E-state index >= 15 is 0 Å². The second-order valence-corrected chi connectivity index (χ2v) is 4.51. The number of ether oxygens (including phenoxy) is 2. The Kier molecular flexibility index (Phi) is 5.26. The molecule has 78 valence electrons. The first-order chi connectivity index (χ1) is 5.81. The van der Waals surface area contributed by atoms with Crippen molar-refractivity contribution in [1.82, 2.24) is 0 Å². The molecule has 0 aromatic carbocycles. The smallest absolute Gasteiger partial charge is 0.0703 e. The maximum Gasteiger partial charge on any atom is 0.0703 e. The molecule has 13 heavy (non-hydrogen) atoms. The van der Waals surface area contributed by atoms with Crippen LogP contribution >= 0.6 is 0 Å². The van der Waals surface area contributed by atoms with Crippen LogP contribution in [0, 0.1) is 0 Å². The fourth-order valence-corrected chi connectivity index (χ4v) is 0.645. The molecule has 0 aliphatic carbocycles. The topological polar surface area (TPSA) is 18.5 Å². The second-order valence-electron chi connectivity index (χ2n) is 4.51. The van der Waals surface area contributed by atoms with E-state index in [0.717, 1.165) is 5.57 Å². The third-order valence-electron chi connectivity index (χ3n) is 1.33. The standard InChI is InChI=1S/C11H22O2/c1-9(2)12-7-10(3)8-13-11(4,5)6/h9H,3,7-8H2,1-2,4-6H3. The van der Waals surface area contributed by atoms with Crippen LogP contribution in [-0.4, -0.2) is 24.9 Å². The Labute approximate surface area is 81.9 Å². The Hall–Kier alpha value is -0.340. The van der Waals surface area contributed by atoms with Gasteiger partial charge in [0.15, 0.2) is 0 Å². The Bertz CT molecular complexity index is 154. The van der Waals surface area contributed by atoms with Crippen molar-refractivity contribution in [2.24, 2.45) is 0 Å². The summed E-state index contributed by atoms with van der Waals surface area (Å²) in [6, 6.07) is 0. The Balaban J connectivity index is 3.53. The summed E-state index contributed by atoms with van der Waals surface area (Å²) in [6.07, 6.45) is 0.256. The van der Waals surface area contributed by atoms with Gasteiger partial charge < -0.3 is 9.47 Å². The Morgan fingerprint density at radius 3 is 2.15 bits per heavy atom. The molecule has 0 heterocycles. The van der Waals surface area contributed by atoms with Crippen LogP contribution in [0.5, 0.6) is 0 Å². The van der Waals surface area contributed by atoms with E-state index in [0.29, 0.717) is 13.2 Å². The molecule has 0 fully saturated rings. The number of hydrogen-bond acceptors (Lipinski definition) is 2. The first-order valence-electron chi connectivity index (χ1n) is 4.73. The highest BCUT2D eigenvalue weighted by Gasteiger charge is 2.10. The van der Waals surface area contributed by atoms with Gasteiger partial charge in [-0.2, -0.15) is 0 Å². The molecule has 2 nitrogen and oxygen atoms in total. The minimum absolute atomic E-state index is 0.0965. The molecule has 2 heteroatoms. The Morgan fingerprint density at radius 2 is 1.77 bits per heavy atom. The molecular formula is C11H22O2. The average Bonchev–Trinajstić information content (AvgIpc) is 1.95. The predicted octanol–water partition coefficient (Wildman–Crippen LogP) is 2.78. The summed E-state index contributed by atoms with van der Waals surface area (Å²) >= 11 is 0. The van der Waals surface area contributed by atoms with Crippen LogP contribution in [0.25, 0.3) is 0 Å². The Morgan fingerprint density at radius 1 is 1.23 bits per heavy atom. The van der Waals surface area contributed by atoms with Gasteiger partial charge in [0.2, 0.25) is 0 Å². The van der Waals surface area contributed by atoms with Gasteiger partial charge in [-0.15, -0.1) is 0 Å². The van der Waals surface area contributed by atoms with E-state index < -0.39 is 0 Å². The predicted molar refractivity (Wildman–Crippen MR) is 55.9 cm³/mol. The molecule has 0 spiro atoms. The number of rotatable bonds is 5. The lowest BCUT2D eigenvalue weighted by Gasteiger charge is -2.20. The molecular weight excluding hydrogens is 164 g/mol. The van der Waals surface area contributed by atoms with Crippen molar-refractivity contribution < 1.29 is 9.47 Å². The highest BCUT2D eigenvalue weighted by molar-refractivity contribution is 4.95. The van der Waals surface area contributed by atoms with E-state index in [4.69, 9.17) is 9.47 Å². The van der Waals surface area contributed by atoms with E-state index in [9.17, 15) is 0 Å². The maximum absolute atomic E-state index is 5.54. The van der Waals surface area contributed by atoms with Crippen molar-refractivity contribution in [3.8, 4) is 0 Å². The van der Waals surface area contributed by atoms with Crippen LogP contribution < -0.4 is 0 Å². The molecule has 0 rings (SSSR count). The zero-order chi connectivity index (χ0) is 10.5. The largest absolute Gasteiger partial charge is 0.374 e. The summed E-state index contributed by atoms with van der Waals surface area (Å²) in [6.45, 7) is 15.2. The highest BCUT2D eigenvalue weighted by atomic mass is 16.5. The fourth-order valence-electron chi connectivity index (χ4n) is 0.645. The van der Waals surface area contributed by atoms with Gasteiger partial charge in [0, 0.05) is 0 Å². The van der Waals surface area contributed by atoms with E-state index in [-0.39, 0.29) is 11.7 Å². The van der Waals surface area contributed by atoms with Gasteiger partial charge in [-0.3, -0.25) is 0 Å². The minimum Gasteiger partial charge on any atom is -0.374 e. The van der Waals surface area contributed by atoms with Gasteiger partial charge in [-0.05, 0) is 40.2 Å². The lowest BCUT2D eigenvalue weighted by Crippen LogP contribution is -2.21. The van der Waals surface area contributed by atoms with Crippen molar-refractivity contribution in [2.45, 2.75) is 46.3 Å². The van der Waals surface area contributed by atoms with Crippen LogP contribution in [0.2, 0.25) is 0 Å². The third-order valence-corrected chi connectivity index (χ3v) is 1.33. The third kappa shape index (κ3) is 9.57. The molecule has 0 aliphatic rings. The zero-order valence-electron chi connectivity index (χ0n) is 9.52. The van der Waals surface area contributed by atoms with Gasteiger partial charge in [0.05, 0.1) is 24.9 Å². The monoisotopic (exact) mass is 186 g/mol. The van der Waals surface area contributed by atoms with Gasteiger partial charge >= 0.3 is 0 Å². The van der Waals surface area contributed by atoms with Gasteiger partial charge in [-0.1, -0.05) is 6.58 Å². The summed E-state index contributed by atoms with van der Waals surface area (Å²) in [4.78, 5) is 0. The second kappa shape index (κ2) is 5.40. The minimum atomic E-state index is -0.0965. The zero-order valence-corrected chi connectivity index (χ0v) is 9.52. The van der Waals surface area contributed by atoms with Gasteiger partial charge in [0.1, 0.15) is 0 Å². The molecule has 0 radical (unpaired) electrons. The SMILES string of the molecule is C=C(COC(C)C)COC(C)(C)C. The molecule has 0 aromatic heterocycles. The average molecular weight is 186 g/mol. The first kappa shape index (κ1) is 12.7. The molecule has 0 unspecified atom stereocenters. The molecule has 0 saturated heterocycles. The van der Waals surface area contributed by atoms with E-state index in [2.05, 4.69) is 6.58 Å². The van der Waals surface area contributed by atoms with E-state index in [1.54, 1.807) is 0 Å².